The van der Waals surface area contributed by atoms with Gasteiger partial charge in [0.1, 0.15) is 0 Å². The average Bonchev–Trinajstić information content (AvgIpc) is 2.37. The number of hydrogen-bond acceptors (Lipinski definition) is 5. The number of benzene rings is 1. The Morgan fingerprint density at radius 1 is 1.55 bits per heavy atom. The Morgan fingerprint density at radius 2 is 2.20 bits per heavy atom. The molecule has 1 rings (SSSR count). The van der Waals surface area contributed by atoms with Crippen LogP contribution in [0.15, 0.2) is 23.1 Å². The number of ether oxygens (including phenoxy) is 1. The fraction of sp³-hybridized carbons (Fsp3) is 0.333. The zero-order chi connectivity index (χ0) is 15.3. The van der Waals surface area contributed by atoms with Crippen molar-refractivity contribution in [2.45, 2.75) is 24.3 Å². The number of nitrogens with zero attached hydrogens (tertiary/aromatic N) is 1. The third kappa shape index (κ3) is 3.69. The smallest absolute Gasteiger partial charge is 0.312 e. The summed E-state index contributed by atoms with van der Waals surface area (Å²) in [5.41, 5.74) is -0.417. The van der Waals surface area contributed by atoms with E-state index >= 15 is 0 Å². The van der Waals surface area contributed by atoms with Crippen molar-refractivity contribution in [1.29, 1.82) is 0 Å². The molecule has 0 fully saturated rings. The van der Waals surface area contributed by atoms with Crippen molar-refractivity contribution in [2.24, 2.45) is 0 Å². The molecule has 1 unspecified atom stereocenters. The van der Waals surface area contributed by atoms with Crippen LogP contribution in [-0.2, 0) is 10.0 Å². The molecule has 8 heteroatoms. The van der Waals surface area contributed by atoms with E-state index in [2.05, 4.69) is 10.6 Å². The zero-order valence-electron chi connectivity index (χ0n) is 11.0. The molecule has 0 amide bonds. The van der Waals surface area contributed by atoms with Crippen LogP contribution in [0, 0.1) is 22.5 Å². The van der Waals surface area contributed by atoms with Gasteiger partial charge >= 0.3 is 5.69 Å². The molecule has 0 aliphatic heterocycles. The number of terminal acetylenes is 1. The van der Waals surface area contributed by atoms with Gasteiger partial charge in [-0.2, -0.15) is 0 Å². The van der Waals surface area contributed by atoms with Gasteiger partial charge in [-0.3, -0.25) is 10.1 Å². The van der Waals surface area contributed by atoms with Crippen molar-refractivity contribution < 1.29 is 18.1 Å². The van der Waals surface area contributed by atoms with Crippen LogP contribution in [0.3, 0.4) is 0 Å². The maximum Gasteiger partial charge on any atom is 0.312 e. The van der Waals surface area contributed by atoms with Gasteiger partial charge in [-0.05, 0) is 19.1 Å². The van der Waals surface area contributed by atoms with Crippen LogP contribution in [0.4, 0.5) is 5.69 Å². The molecule has 0 aliphatic carbocycles. The number of nitrogens with one attached hydrogen (secondary N) is 1. The summed E-state index contributed by atoms with van der Waals surface area (Å²) in [4.78, 5) is 9.95. The van der Waals surface area contributed by atoms with Gasteiger partial charge in [0.25, 0.3) is 0 Å². The molecule has 1 aromatic carbocycles. The van der Waals surface area contributed by atoms with Crippen molar-refractivity contribution in [3.63, 3.8) is 0 Å². The highest BCUT2D eigenvalue weighted by molar-refractivity contribution is 7.89. The molecule has 7 nitrogen and oxygen atoms in total. The summed E-state index contributed by atoms with van der Waals surface area (Å²) in [6.45, 7) is 1.61. The molecule has 0 saturated carbocycles. The van der Waals surface area contributed by atoms with Crippen LogP contribution in [-0.4, -0.2) is 26.5 Å². The molecule has 0 aromatic heterocycles. The summed E-state index contributed by atoms with van der Waals surface area (Å²) in [5.74, 6) is 2.33. The van der Waals surface area contributed by atoms with Crippen molar-refractivity contribution in [1.82, 2.24) is 4.72 Å². The Labute approximate surface area is 117 Å². The van der Waals surface area contributed by atoms with Gasteiger partial charge in [0.2, 0.25) is 10.0 Å². The first-order chi connectivity index (χ1) is 9.31. The van der Waals surface area contributed by atoms with Gasteiger partial charge in [-0.1, -0.05) is 0 Å². The molecule has 0 radical (unpaired) electrons. The number of sulfonamides is 1. The lowest BCUT2D eigenvalue weighted by Gasteiger charge is -2.12. The first-order valence-corrected chi connectivity index (χ1v) is 7.08. The molecule has 108 valence electrons. The van der Waals surface area contributed by atoms with Crippen molar-refractivity contribution in [3.8, 4) is 18.1 Å². The summed E-state index contributed by atoms with van der Waals surface area (Å²) < 4.78 is 31.3. The van der Waals surface area contributed by atoms with Crippen LogP contribution < -0.4 is 9.46 Å². The number of nitro benzene ring substituents is 1. The largest absolute Gasteiger partial charge is 0.490 e. The monoisotopic (exact) mass is 298 g/mol. The highest BCUT2D eigenvalue weighted by Crippen LogP contribution is 2.29. The predicted molar refractivity (Wildman–Crippen MR) is 72.9 cm³/mol. The van der Waals surface area contributed by atoms with E-state index in [1.54, 1.807) is 6.92 Å². The van der Waals surface area contributed by atoms with E-state index in [1.165, 1.54) is 19.2 Å². The fourth-order valence-corrected chi connectivity index (χ4v) is 2.79. The van der Waals surface area contributed by atoms with E-state index in [0.29, 0.717) is 0 Å². The Balaban J connectivity index is 3.17. The maximum absolute atomic E-state index is 12.0. The molecule has 0 spiro atoms. The molecule has 0 bridgehead atoms. The Hall–Kier alpha value is -2.11. The second-order valence-corrected chi connectivity index (χ2v) is 5.74. The van der Waals surface area contributed by atoms with Crippen molar-refractivity contribution >= 4 is 15.7 Å². The summed E-state index contributed by atoms with van der Waals surface area (Å²) in [7, 11) is -2.60. The van der Waals surface area contributed by atoms with Gasteiger partial charge in [0.15, 0.2) is 5.75 Å². The van der Waals surface area contributed by atoms with Gasteiger partial charge in [-0.25, -0.2) is 13.1 Å². The topological polar surface area (TPSA) is 98.5 Å². The standard InChI is InChI=1S/C12H14N2O5S/c1-4-5-9(2)13-20(17,18)10-6-7-12(19-3)11(8-10)14(15)16/h1,6-9,13H,5H2,2-3H3. The van der Waals surface area contributed by atoms with E-state index in [4.69, 9.17) is 11.2 Å². The van der Waals surface area contributed by atoms with Crippen LogP contribution in [0.5, 0.6) is 5.75 Å². The lowest BCUT2D eigenvalue weighted by molar-refractivity contribution is -0.386. The van der Waals surface area contributed by atoms with Gasteiger partial charge in [0.05, 0.1) is 16.9 Å². The van der Waals surface area contributed by atoms with E-state index in [9.17, 15) is 18.5 Å². The van der Waals surface area contributed by atoms with Crippen LogP contribution >= 0.6 is 0 Å². The summed E-state index contributed by atoms with van der Waals surface area (Å²) >= 11 is 0. The number of hydrogen-bond donors (Lipinski definition) is 1. The lowest BCUT2D eigenvalue weighted by Crippen LogP contribution is -2.32. The molecule has 1 N–H and O–H groups in total. The zero-order valence-corrected chi connectivity index (χ0v) is 11.8. The third-order valence-corrected chi connectivity index (χ3v) is 4.02. The summed E-state index contributed by atoms with van der Waals surface area (Å²) in [6, 6.07) is 2.95. The molecular weight excluding hydrogens is 284 g/mol. The SMILES string of the molecule is C#CCC(C)NS(=O)(=O)c1ccc(OC)c([N+](=O)[O-])c1. The summed E-state index contributed by atoms with van der Waals surface area (Å²) in [6.07, 6.45) is 5.32. The van der Waals surface area contributed by atoms with Gasteiger partial charge in [-0.15, -0.1) is 12.3 Å². The molecule has 0 aliphatic rings. The number of methoxy groups -OCH3 is 1. The number of nitro groups is 1. The minimum Gasteiger partial charge on any atom is -0.490 e. The van der Waals surface area contributed by atoms with E-state index in [0.717, 1.165) is 6.07 Å². The lowest BCUT2D eigenvalue weighted by atomic mass is 10.3. The molecule has 0 saturated heterocycles. The second-order valence-electron chi connectivity index (χ2n) is 4.02. The van der Waals surface area contributed by atoms with Crippen molar-refractivity contribution in [2.75, 3.05) is 7.11 Å². The summed E-state index contributed by atoms with van der Waals surface area (Å²) in [5, 5.41) is 10.9. The minimum absolute atomic E-state index is 0.00868. The Bertz CT molecular complexity index is 648. The van der Waals surface area contributed by atoms with E-state index in [1.807, 2.05) is 0 Å². The minimum atomic E-state index is -3.87. The number of rotatable bonds is 6. The second kappa shape index (κ2) is 6.36. The molecule has 20 heavy (non-hydrogen) atoms. The van der Waals surface area contributed by atoms with Gasteiger partial charge in [0, 0.05) is 18.5 Å². The average molecular weight is 298 g/mol. The molecule has 0 heterocycles. The van der Waals surface area contributed by atoms with E-state index in [-0.39, 0.29) is 17.1 Å². The molecule has 1 atom stereocenters. The van der Waals surface area contributed by atoms with Crippen LogP contribution in [0.2, 0.25) is 0 Å². The molecular formula is C12H14N2O5S. The maximum atomic E-state index is 12.0. The van der Waals surface area contributed by atoms with Crippen LogP contribution in [0.25, 0.3) is 0 Å². The van der Waals surface area contributed by atoms with Crippen molar-refractivity contribution in [3.05, 3.63) is 28.3 Å². The first-order valence-electron chi connectivity index (χ1n) is 5.60. The third-order valence-electron chi connectivity index (χ3n) is 2.44. The predicted octanol–water partition coefficient (Wildman–Crippen LogP) is 1.29. The highest BCUT2D eigenvalue weighted by atomic mass is 32.2. The fourth-order valence-electron chi connectivity index (χ4n) is 1.53. The highest BCUT2D eigenvalue weighted by Gasteiger charge is 2.23. The Morgan fingerprint density at radius 3 is 2.70 bits per heavy atom. The first kappa shape index (κ1) is 15.9. The molecule has 1 aromatic rings. The van der Waals surface area contributed by atoms with Gasteiger partial charge < -0.3 is 4.74 Å². The normalized spacial score (nSPS) is 12.4. The van der Waals surface area contributed by atoms with E-state index < -0.39 is 26.7 Å². The van der Waals surface area contributed by atoms with Crippen LogP contribution in [0.1, 0.15) is 13.3 Å². The Kier molecular flexibility index (Phi) is 5.07. The quantitative estimate of drug-likeness (QED) is 0.485.